The quantitative estimate of drug-likeness (QED) is 0.912. The lowest BCUT2D eigenvalue weighted by molar-refractivity contribution is -0.138. The lowest BCUT2D eigenvalue weighted by atomic mass is 9.92. The molecule has 0 amide bonds. The SMILES string of the molecule is O=C(O)C(Cc1ccc(N2CCCC2)cc1)c1ccc(F)cc1. The summed E-state index contributed by atoms with van der Waals surface area (Å²) < 4.78 is 13.0. The molecule has 1 atom stereocenters. The molecule has 1 N–H and O–H groups in total. The summed E-state index contributed by atoms with van der Waals surface area (Å²) in [5.41, 5.74) is 2.80. The average molecular weight is 313 g/mol. The molecular weight excluding hydrogens is 293 g/mol. The van der Waals surface area contributed by atoms with Crippen LogP contribution in [0.2, 0.25) is 0 Å². The normalized spacial score (nSPS) is 15.6. The van der Waals surface area contributed by atoms with Gasteiger partial charge in [-0.2, -0.15) is 0 Å². The maximum absolute atomic E-state index is 13.0. The van der Waals surface area contributed by atoms with Gasteiger partial charge >= 0.3 is 5.97 Å². The topological polar surface area (TPSA) is 40.5 Å². The Morgan fingerprint density at radius 1 is 1.04 bits per heavy atom. The third-order valence-electron chi connectivity index (χ3n) is 4.42. The largest absolute Gasteiger partial charge is 0.481 e. The summed E-state index contributed by atoms with van der Waals surface area (Å²) >= 11 is 0. The van der Waals surface area contributed by atoms with E-state index in [2.05, 4.69) is 17.0 Å². The van der Waals surface area contributed by atoms with Gasteiger partial charge in [-0.15, -0.1) is 0 Å². The van der Waals surface area contributed by atoms with Crippen LogP contribution in [0.25, 0.3) is 0 Å². The zero-order valence-electron chi connectivity index (χ0n) is 12.9. The number of aliphatic carboxylic acids is 1. The van der Waals surface area contributed by atoms with Crippen LogP contribution < -0.4 is 4.90 Å². The van der Waals surface area contributed by atoms with E-state index >= 15 is 0 Å². The fourth-order valence-corrected chi connectivity index (χ4v) is 3.10. The monoisotopic (exact) mass is 313 g/mol. The van der Waals surface area contributed by atoms with Gasteiger partial charge in [0.2, 0.25) is 0 Å². The number of anilines is 1. The summed E-state index contributed by atoms with van der Waals surface area (Å²) in [6.45, 7) is 2.18. The maximum atomic E-state index is 13.0. The van der Waals surface area contributed by atoms with E-state index in [1.165, 1.54) is 30.7 Å². The molecule has 23 heavy (non-hydrogen) atoms. The van der Waals surface area contributed by atoms with Crippen molar-refractivity contribution in [3.63, 3.8) is 0 Å². The molecular formula is C19H20FNO2. The van der Waals surface area contributed by atoms with E-state index in [-0.39, 0.29) is 5.82 Å². The molecule has 1 saturated heterocycles. The van der Waals surface area contributed by atoms with Crippen LogP contribution in [0.1, 0.15) is 29.9 Å². The first kappa shape index (κ1) is 15.5. The summed E-state index contributed by atoms with van der Waals surface area (Å²) in [6, 6.07) is 13.8. The summed E-state index contributed by atoms with van der Waals surface area (Å²) in [4.78, 5) is 13.9. The van der Waals surface area contributed by atoms with E-state index < -0.39 is 11.9 Å². The van der Waals surface area contributed by atoms with Crippen molar-refractivity contribution in [2.24, 2.45) is 0 Å². The lowest BCUT2D eigenvalue weighted by Gasteiger charge is -2.18. The summed E-state index contributed by atoms with van der Waals surface area (Å²) in [6.07, 6.45) is 2.86. The van der Waals surface area contributed by atoms with Crippen molar-refractivity contribution in [1.82, 2.24) is 0 Å². The van der Waals surface area contributed by atoms with Crippen molar-refractivity contribution in [3.8, 4) is 0 Å². The molecule has 1 unspecified atom stereocenters. The molecule has 2 aromatic carbocycles. The number of halogens is 1. The number of carboxylic acids is 1. The van der Waals surface area contributed by atoms with Crippen LogP contribution in [-0.2, 0) is 11.2 Å². The minimum Gasteiger partial charge on any atom is -0.481 e. The predicted octanol–water partition coefficient (Wildman–Crippen LogP) is 3.84. The van der Waals surface area contributed by atoms with Crippen LogP contribution in [0.15, 0.2) is 48.5 Å². The van der Waals surface area contributed by atoms with Crippen LogP contribution in [0.4, 0.5) is 10.1 Å². The Morgan fingerprint density at radius 2 is 1.65 bits per heavy atom. The second kappa shape index (κ2) is 6.82. The van der Waals surface area contributed by atoms with Gasteiger partial charge in [0.05, 0.1) is 5.92 Å². The van der Waals surface area contributed by atoms with E-state index in [1.54, 1.807) is 12.1 Å². The number of hydrogen-bond donors (Lipinski definition) is 1. The summed E-state index contributed by atoms with van der Waals surface area (Å²) in [7, 11) is 0. The molecule has 0 bridgehead atoms. The third kappa shape index (κ3) is 3.70. The van der Waals surface area contributed by atoms with Crippen molar-refractivity contribution in [3.05, 3.63) is 65.5 Å². The molecule has 0 radical (unpaired) electrons. The van der Waals surface area contributed by atoms with Gasteiger partial charge in [0.15, 0.2) is 0 Å². The van der Waals surface area contributed by atoms with Crippen LogP contribution in [-0.4, -0.2) is 24.2 Å². The highest BCUT2D eigenvalue weighted by Crippen LogP contribution is 2.25. The first-order valence-corrected chi connectivity index (χ1v) is 7.95. The standard InChI is InChI=1S/C19H20FNO2/c20-16-7-5-15(6-8-16)18(19(22)23)13-14-3-9-17(10-4-14)21-11-1-2-12-21/h3-10,18H,1-2,11-13H2,(H,22,23). The average Bonchev–Trinajstić information content (AvgIpc) is 3.08. The van der Waals surface area contributed by atoms with Gasteiger partial charge in [-0.05, 0) is 54.7 Å². The smallest absolute Gasteiger partial charge is 0.311 e. The molecule has 0 aromatic heterocycles. The van der Waals surface area contributed by atoms with Crippen LogP contribution in [0, 0.1) is 5.82 Å². The highest BCUT2D eigenvalue weighted by Gasteiger charge is 2.20. The molecule has 0 aliphatic carbocycles. The first-order chi connectivity index (χ1) is 11.1. The molecule has 1 aliphatic heterocycles. The Hall–Kier alpha value is -2.36. The number of carboxylic acid groups (broad SMARTS) is 1. The Morgan fingerprint density at radius 3 is 2.22 bits per heavy atom. The summed E-state index contributed by atoms with van der Waals surface area (Å²) in [5, 5.41) is 9.48. The zero-order valence-corrected chi connectivity index (χ0v) is 12.9. The number of carbonyl (C=O) groups is 1. The van der Waals surface area contributed by atoms with E-state index in [0.29, 0.717) is 12.0 Å². The molecule has 3 rings (SSSR count). The second-order valence-electron chi connectivity index (χ2n) is 6.01. The van der Waals surface area contributed by atoms with Crippen LogP contribution in [0.5, 0.6) is 0 Å². The highest BCUT2D eigenvalue weighted by atomic mass is 19.1. The van der Waals surface area contributed by atoms with Crippen molar-refractivity contribution in [2.45, 2.75) is 25.2 Å². The second-order valence-corrected chi connectivity index (χ2v) is 6.01. The molecule has 120 valence electrons. The van der Waals surface area contributed by atoms with Crippen molar-refractivity contribution in [1.29, 1.82) is 0 Å². The molecule has 1 fully saturated rings. The van der Waals surface area contributed by atoms with E-state index in [4.69, 9.17) is 0 Å². The molecule has 2 aromatic rings. The molecule has 3 nitrogen and oxygen atoms in total. The molecule has 4 heteroatoms. The van der Waals surface area contributed by atoms with Crippen molar-refractivity contribution >= 4 is 11.7 Å². The Bertz CT molecular complexity index is 661. The van der Waals surface area contributed by atoms with Gasteiger partial charge < -0.3 is 10.0 Å². The Labute approximate surface area is 135 Å². The molecule has 1 heterocycles. The predicted molar refractivity (Wildman–Crippen MR) is 88.4 cm³/mol. The first-order valence-electron chi connectivity index (χ1n) is 7.95. The van der Waals surface area contributed by atoms with Gasteiger partial charge in [-0.25, -0.2) is 4.39 Å². The molecule has 0 spiro atoms. The lowest BCUT2D eigenvalue weighted by Crippen LogP contribution is -2.17. The number of nitrogens with zero attached hydrogens (tertiary/aromatic N) is 1. The maximum Gasteiger partial charge on any atom is 0.311 e. The molecule has 0 saturated carbocycles. The van der Waals surface area contributed by atoms with Gasteiger partial charge in [0.1, 0.15) is 5.82 Å². The minimum absolute atomic E-state index is 0.354. The van der Waals surface area contributed by atoms with E-state index in [1.807, 2.05) is 12.1 Å². The minimum atomic E-state index is -0.889. The van der Waals surface area contributed by atoms with Crippen molar-refractivity contribution in [2.75, 3.05) is 18.0 Å². The van der Waals surface area contributed by atoms with Gasteiger partial charge in [0, 0.05) is 18.8 Å². The third-order valence-corrected chi connectivity index (χ3v) is 4.42. The number of rotatable bonds is 5. The van der Waals surface area contributed by atoms with Crippen LogP contribution >= 0.6 is 0 Å². The number of benzene rings is 2. The summed E-state index contributed by atoms with van der Waals surface area (Å²) in [5.74, 6) is -1.90. The van der Waals surface area contributed by atoms with Crippen molar-refractivity contribution < 1.29 is 14.3 Å². The van der Waals surface area contributed by atoms with Crippen LogP contribution in [0.3, 0.4) is 0 Å². The highest BCUT2D eigenvalue weighted by molar-refractivity contribution is 5.76. The zero-order chi connectivity index (χ0) is 16.2. The Balaban J connectivity index is 1.75. The van der Waals surface area contributed by atoms with Gasteiger partial charge in [-0.3, -0.25) is 4.79 Å². The number of hydrogen-bond acceptors (Lipinski definition) is 2. The Kier molecular flexibility index (Phi) is 4.60. The van der Waals surface area contributed by atoms with Gasteiger partial charge in [0.25, 0.3) is 0 Å². The van der Waals surface area contributed by atoms with E-state index in [0.717, 1.165) is 18.7 Å². The van der Waals surface area contributed by atoms with Gasteiger partial charge in [-0.1, -0.05) is 24.3 Å². The fourth-order valence-electron chi connectivity index (χ4n) is 3.10. The van der Waals surface area contributed by atoms with E-state index in [9.17, 15) is 14.3 Å². The molecule has 1 aliphatic rings. The fraction of sp³-hybridized carbons (Fsp3) is 0.316.